The maximum absolute atomic E-state index is 6.74. The Morgan fingerprint density at radius 2 is 0.875 bits per heavy atom. The van der Waals surface area contributed by atoms with E-state index in [4.69, 9.17) is 4.42 Å². The van der Waals surface area contributed by atoms with Gasteiger partial charge >= 0.3 is 0 Å². The van der Waals surface area contributed by atoms with Crippen molar-refractivity contribution in [2.75, 3.05) is 9.80 Å². The number of aromatic nitrogens is 1. The monoisotopic (exact) mass is 717 g/mol. The van der Waals surface area contributed by atoms with Crippen LogP contribution in [0.25, 0.3) is 60.2 Å². The van der Waals surface area contributed by atoms with Crippen LogP contribution in [0.15, 0.2) is 217 Å². The van der Waals surface area contributed by atoms with Crippen LogP contribution >= 0.6 is 0 Å². The van der Waals surface area contributed by atoms with Crippen LogP contribution in [-0.2, 0) is 0 Å². The second-order valence-electron chi connectivity index (χ2n) is 14.2. The smallest absolute Gasteiger partial charge is 0.159 e. The predicted octanol–water partition coefficient (Wildman–Crippen LogP) is 14.8. The second kappa shape index (κ2) is 13.1. The lowest BCUT2D eigenvalue weighted by Crippen LogP contribution is -2.12. The van der Waals surface area contributed by atoms with Gasteiger partial charge in [0, 0.05) is 55.7 Å². The minimum Gasteiger partial charge on any atom is -0.454 e. The minimum atomic E-state index is 0.860. The largest absolute Gasteiger partial charge is 0.454 e. The van der Waals surface area contributed by atoms with Gasteiger partial charge in [0.15, 0.2) is 5.58 Å². The zero-order chi connectivity index (χ0) is 37.0. The third kappa shape index (κ3) is 5.23. The molecule has 2 heterocycles. The van der Waals surface area contributed by atoms with Crippen LogP contribution < -0.4 is 9.80 Å². The number of benzene rings is 9. The molecule has 0 unspecified atom stereocenters. The topological polar surface area (TPSA) is 24.6 Å². The Labute approximate surface area is 324 Å². The van der Waals surface area contributed by atoms with E-state index in [0.29, 0.717) is 0 Å². The van der Waals surface area contributed by atoms with E-state index in [1.54, 1.807) is 0 Å². The first-order valence-electron chi connectivity index (χ1n) is 19.0. The molecule has 11 aromatic rings. The fraction of sp³-hybridized carbons (Fsp3) is 0. The van der Waals surface area contributed by atoms with Crippen LogP contribution in [-0.4, -0.2) is 4.57 Å². The van der Waals surface area contributed by atoms with E-state index < -0.39 is 0 Å². The van der Waals surface area contributed by atoms with Gasteiger partial charge in [-0.15, -0.1) is 0 Å². The van der Waals surface area contributed by atoms with E-state index in [1.165, 1.54) is 27.1 Å². The molecule has 0 atom stereocenters. The highest BCUT2D eigenvalue weighted by molar-refractivity contribution is 6.14. The van der Waals surface area contributed by atoms with Crippen molar-refractivity contribution < 1.29 is 4.42 Å². The highest BCUT2D eigenvalue weighted by Gasteiger charge is 2.21. The van der Waals surface area contributed by atoms with E-state index in [0.717, 1.165) is 67.3 Å². The molecule has 11 rings (SSSR count). The van der Waals surface area contributed by atoms with Crippen LogP contribution in [0.4, 0.5) is 34.1 Å². The van der Waals surface area contributed by atoms with Gasteiger partial charge in [-0.1, -0.05) is 115 Å². The van der Waals surface area contributed by atoms with Crippen molar-refractivity contribution in [3.05, 3.63) is 212 Å². The second-order valence-corrected chi connectivity index (χ2v) is 14.2. The zero-order valence-corrected chi connectivity index (χ0v) is 30.5. The van der Waals surface area contributed by atoms with Gasteiger partial charge in [-0.2, -0.15) is 0 Å². The first-order chi connectivity index (χ1) is 27.8. The van der Waals surface area contributed by atoms with Crippen LogP contribution in [0, 0.1) is 0 Å². The van der Waals surface area contributed by atoms with Crippen molar-refractivity contribution in [3.8, 4) is 5.69 Å². The Kier molecular flexibility index (Phi) is 7.46. The summed E-state index contributed by atoms with van der Waals surface area (Å²) in [4.78, 5) is 4.64. The van der Waals surface area contributed by atoms with Crippen molar-refractivity contribution >= 4 is 88.6 Å². The summed E-state index contributed by atoms with van der Waals surface area (Å²) < 4.78 is 9.11. The maximum atomic E-state index is 6.74. The molecule has 0 aliphatic carbocycles. The van der Waals surface area contributed by atoms with Crippen LogP contribution in [0.2, 0.25) is 0 Å². The van der Waals surface area contributed by atoms with E-state index in [-0.39, 0.29) is 0 Å². The predicted molar refractivity (Wildman–Crippen MR) is 235 cm³/mol. The van der Waals surface area contributed by atoms with Gasteiger partial charge in [0.25, 0.3) is 0 Å². The van der Waals surface area contributed by atoms with Gasteiger partial charge in [0.2, 0.25) is 0 Å². The molecule has 0 amide bonds. The lowest BCUT2D eigenvalue weighted by Gasteiger charge is -2.28. The highest BCUT2D eigenvalue weighted by Crippen LogP contribution is 2.45. The summed E-state index contributed by atoms with van der Waals surface area (Å²) >= 11 is 0. The molecule has 9 aromatic carbocycles. The molecule has 0 fully saturated rings. The average molecular weight is 718 g/mol. The molecule has 0 aliphatic heterocycles. The Bertz CT molecular complexity index is 3180. The first-order valence-corrected chi connectivity index (χ1v) is 19.0. The van der Waals surface area contributed by atoms with E-state index in [1.807, 2.05) is 0 Å². The molecule has 0 N–H and O–H groups in total. The standard InChI is InChI=1S/C52H35N3O/c1-4-17-38(18-5-1)53(43-31-32-45-44-23-12-13-25-48(44)55(50(45)35-43)40-21-8-3-9-22-40)41-27-29-42(30-28-41)54(39-19-6-2-7-20-39)49-26-14-24-46-47-33-36-15-10-11-16-37(36)34-51(47)56-52(46)49/h1-35H. The van der Waals surface area contributed by atoms with Gasteiger partial charge < -0.3 is 18.8 Å². The van der Waals surface area contributed by atoms with Gasteiger partial charge in [-0.05, 0) is 108 Å². The summed E-state index contributed by atoms with van der Waals surface area (Å²) in [6, 6.07) is 75.5. The number of nitrogens with zero attached hydrogens (tertiary/aromatic N) is 3. The highest BCUT2D eigenvalue weighted by atomic mass is 16.3. The van der Waals surface area contributed by atoms with Crippen molar-refractivity contribution in [1.29, 1.82) is 0 Å². The summed E-state index contributed by atoms with van der Waals surface area (Å²) in [6.07, 6.45) is 0. The van der Waals surface area contributed by atoms with Gasteiger partial charge in [0.05, 0.1) is 16.7 Å². The summed E-state index contributed by atoms with van der Waals surface area (Å²) in [5.74, 6) is 0. The molecule has 264 valence electrons. The molecular formula is C52H35N3O. The zero-order valence-electron chi connectivity index (χ0n) is 30.5. The molecule has 0 bridgehead atoms. The Morgan fingerprint density at radius 3 is 1.61 bits per heavy atom. The van der Waals surface area contributed by atoms with Crippen molar-refractivity contribution in [2.45, 2.75) is 0 Å². The third-order valence-corrected chi connectivity index (χ3v) is 10.9. The number of hydrogen-bond donors (Lipinski definition) is 0. The summed E-state index contributed by atoms with van der Waals surface area (Å²) in [5.41, 5.74) is 11.5. The lowest BCUT2D eigenvalue weighted by atomic mass is 10.1. The average Bonchev–Trinajstić information content (AvgIpc) is 3.80. The molecule has 56 heavy (non-hydrogen) atoms. The van der Waals surface area contributed by atoms with Crippen LogP contribution in [0.3, 0.4) is 0 Å². The molecule has 4 heteroatoms. The first kappa shape index (κ1) is 31.9. The number of anilines is 6. The fourth-order valence-corrected chi connectivity index (χ4v) is 8.38. The minimum absolute atomic E-state index is 0.860. The third-order valence-electron chi connectivity index (χ3n) is 10.9. The molecule has 4 nitrogen and oxygen atoms in total. The Morgan fingerprint density at radius 1 is 0.339 bits per heavy atom. The summed E-state index contributed by atoms with van der Waals surface area (Å²) in [5, 5.41) is 7.04. The molecular weight excluding hydrogens is 683 g/mol. The number of furan rings is 1. The molecule has 0 aliphatic rings. The Balaban J connectivity index is 1.06. The quantitative estimate of drug-likeness (QED) is 0.164. The molecule has 0 spiro atoms. The van der Waals surface area contributed by atoms with Gasteiger partial charge in [0.1, 0.15) is 5.58 Å². The van der Waals surface area contributed by atoms with Gasteiger partial charge in [-0.3, -0.25) is 0 Å². The molecule has 0 radical (unpaired) electrons. The van der Waals surface area contributed by atoms with E-state index in [9.17, 15) is 0 Å². The van der Waals surface area contributed by atoms with Crippen LogP contribution in [0.5, 0.6) is 0 Å². The Hall–Kier alpha value is -7.56. The number of hydrogen-bond acceptors (Lipinski definition) is 3. The fourth-order valence-electron chi connectivity index (χ4n) is 8.38. The summed E-state index contributed by atoms with van der Waals surface area (Å²) in [7, 11) is 0. The SMILES string of the molecule is c1ccc(N(c2ccc(N(c3ccccc3)c3cccc4c3oc3cc5ccccc5cc34)cc2)c2ccc3c4ccccc4n(-c4ccccc4)c3c2)cc1. The van der Waals surface area contributed by atoms with Crippen molar-refractivity contribution in [3.63, 3.8) is 0 Å². The molecule has 2 aromatic heterocycles. The van der Waals surface area contributed by atoms with Crippen LogP contribution in [0.1, 0.15) is 0 Å². The molecule has 0 saturated carbocycles. The maximum Gasteiger partial charge on any atom is 0.159 e. The number of para-hydroxylation sites is 5. The van der Waals surface area contributed by atoms with E-state index >= 15 is 0 Å². The number of rotatable bonds is 7. The normalized spacial score (nSPS) is 11.6. The van der Waals surface area contributed by atoms with Crippen molar-refractivity contribution in [1.82, 2.24) is 4.57 Å². The van der Waals surface area contributed by atoms with E-state index in [2.05, 4.69) is 227 Å². The summed E-state index contributed by atoms with van der Waals surface area (Å²) in [6.45, 7) is 0. The van der Waals surface area contributed by atoms with Gasteiger partial charge in [-0.25, -0.2) is 0 Å². The lowest BCUT2D eigenvalue weighted by molar-refractivity contribution is 0.669. The van der Waals surface area contributed by atoms with Crippen molar-refractivity contribution in [2.24, 2.45) is 0 Å². The molecule has 0 saturated heterocycles. The number of fused-ring (bicyclic) bond motifs is 7.